The largest absolute Gasteiger partial charge is 0.481 e. The maximum atomic E-state index is 11.3. The average molecular weight is 240 g/mol. The van der Waals surface area contributed by atoms with E-state index in [1.54, 1.807) is 0 Å². The van der Waals surface area contributed by atoms with Crippen molar-refractivity contribution in [2.24, 2.45) is 29.1 Å². The van der Waals surface area contributed by atoms with Crippen LogP contribution in [0.15, 0.2) is 0 Å². The summed E-state index contributed by atoms with van der Waals surface area (Å²) in [5.41, 5.74) is 0.315. The third kappa shape index (κ3) is 3.46. The van der Waals surface area contributed by atoms with E-state index in [4.69, 9.17) is 0 Å². The highest BCUT2D eigenvalue weighted by molar-refractivity contribution is 5.70. The maximum absolute atomic E-state index is 11.3. The molecule has 1 rings (SSSR count). The zero-order chi connectivity index (χ0) is 13.2. The van der Waals surface area contributed by atoms with Crippen LogP contribution >= 0.6 is 0 Å². The van der Waals surface area contributed by atoms with Crippen LogP contribution in [0.3, 0.4) is 0 Å². The molecule has 1 aliphatic carbocycles. The van der Waals surface area contributed by atoms with Crippen LogP contribution < -0.4 is 0 Å². The highest BCUT2D eigenvalue weighted by Gasteiger charge is 2.40. The van der Waals surface area contributed by atoms with E-state index in [0.29, 0.717) is 23.2 Å². The molecule has 0 heterocycles. The molecular weight excluding hydrogens is 212 g/mol. The lowest BCUT2D eigenvalue weighted by Gasteiger charge is -2.42. The Morgan fingerprint density at radius 1 is 1.35 bits per heavy atom. The van der Waals surface area contributed by atoms with Gasteiger partial charge in [-0.1, -0.05) is 41.0 Å². The van der Waals surface area contributed by atoms with Crippen molar-refractivity contribution in [3.8, 4) is 0 Å². The normalized spacial score (nSPS) is 32.2. The van der Waals surface area contributed by atoms with E-state index in [9.17, 15) is 9.90 Å². The minimum Gasteiger partial charge on any atom is -0.481 e. The highest BCUT2D eigenvalue weighted by atomic mass is 16.4. The summed E-state index contributed by atoms with van der Waals surface area (Å²) in [4.78, 5) is 11.3. The molecule has 100 valence electrons. The molecule has 0 spiro atoms. The Bertz CT molecular complexity index is 265. The van der Waals surface area contributed by atoms with Crippen molar-refractivity contribution in [2.75, 3.05) is 0 Å². The maximum Gasteiger partial charge on any atom is 0.306 e. The SMILES string of the molecule is CCC(C)C1CC(C(C)(C)C)CCC1C(=O)O. The topological polar surface area (TPSA) is 37.3 Å². The molecule has 0 bridgehead atoms. The Morgan fingerprint density at radius 3 is 2.35 bits per heavy atom. The van der Waals surface area contributed by atoms with Crippen molar-refractivity contribution >= 4 is 5.97 Å². The van der Waals surface area contributed by atoms with Gasteiger partial charge < -0.3 is 5.11 Å². The van der Waals surface area contributed by atoms with Gasteiger partial charge in [0.25, 0.3) is 0 Å². The number of carbonyl (C=O) groups is 1. The van der Waals surface area contributed by atoms with Gasteiger partial charge in [0.1, 0.15) is 0 Å². The fraction of sp³-hybridized carbons (Fsp3) is 0.933. The second-order valence-corrected chi connectivity index (χ2v) is 6.87. The first-order valence-corrected chi connectivity index (χ1v) is 7.00. The molecule has 0 radical (unpaired) electrons. The molecule has 0 aromatic heterocycles. The standard InChI is InChI=1S/C15H28O2/c1-6-10(2)13-9-11(15(3,4)5)7-8-12(13)14(16)17/h10-13H,6-9H2,1-5H3,(H,16,17). The molecule has 1 N–H and O–H groups in total. The first-order chi connectivity index (χ1) is 7.77. The van der Waals surface area contributed by atoms with E-state index in [1.807, 2.05) is 0 Å². The molecule has 1 fully saturated rings. The lowest BCUT2D eigenvalue weighted by molar-refractivity contribution is -0.147. The van der Waals surface area contributed by atoms with Crippen LogP contribution in [0.25, 0.3) is 0 Å². The quantitative estimate of drug-likeness (QED) is 0.803. The van der Waals surface area contributed by atoms with Crippen LogP contribution in [0.1, 0.15) is 60.3 Å². The van der Waals surface area contributed by atoms with Crippen LogP contribution in [0.4, 0.5) is 0 Å². The van der Waals surface area contributed by atoms with Gasteiger partial charge in [-0.3, -0.25) is 4.79 Å². The van der Waals surface area contributed by atoms with E-state index in [-0.39, 0.29) is 5.92 Å². The van der Waals surface area contributed by atoms with E-state index in [0.717, 1.165) is 25.7 Å². The molecule has 1 aliphatic rings. The molecule has 0 saturated heterocycles. The van der Waals surface area contributed by atoms with Crippen molar-refractivity contribution in [1.29, 1.82) is 0 Å². The van der Waals surface area contributed by atoms with Crippen LogP contribution in [0.2, 0.25) is 0 Å². The molecule has 2 heteroatoms. The second-order valence-electron chi connectivity index (χ2n) is 6.87. The van der Waals surface area contributed by atoms with Crippen LogP contribution in [0, 0.1) is 29.1 Å². The average Bonchev–Trinajstić information content (AvgIpc) is 2.25. The Kier molecular flexibility index (Phi) is 4.62. The number of aliphatic carboxylic acids is 1. The molecule has 0 amide bonds. The van der Waals surface area contributed by atoms with Crippen molar-refractivity contribution in [3.63, 3.8) is 0 Å². The smallest absolute Gasteiger partial charge is 0.306 e. The van der Waals surface area contributed by atoms with Crippen LogP contribution in [0.5, 0.6) is 0 Å². The predicted molar refractivity (Wildman–Crippen MR) is 70.9 cm³/mol. The molecule has 0 aliphatic heterocycles. The van der Waals surface area contributed by atoms with Crippen LogP contribution in [-0.2, 0) is 4.79 Å². The van der Waals surface area contributed by atoms with Crippen molar-refractivity contribution in [3.05, 3.63) is 0 Å². The lowest BCUT2D eigenvalue weighted by atomic mass is 9.62. The number of rotatable bonds is 3. The van der Waals surface area contributed by atoms with Crippen LogP contribution in [-0.4, -0.2) is 11.1 Å². The lowest BCUT2D eigenvalue weighted by Crippen LogP contribution is -2.38. The van der Waals surface area contributed by atoms with E-state index >= 15 is 0 Å². The zero-order valence-corrected chi connectivity index (χ0v) is 12.0. The van der Waals surface area contributed by atoms with Gasteiger partial charge in [0.2, 0.25) is 0 Å². The van der Waals surface area contributed by atoms with E-state index in [1.165, 1.54) is 0 Å². The Morgan fingerprint density at radius 2 is 1.94 bits per heavy atom. The van der Waals surface area contributed by atoms with Gasteiger partial charge in [-0.25, -0.2) is 0 Å². The van der Waals surface area contributed by atoms with Gasteiger partial charge in [-0.2, -0.15) is 0 Å². The first-order valence-electron chi connectivity index (χ1n) is 7.00. The van der Waals surface area contributed by atoms with Gasteiger partial charge in [0.05, 0.1) is 5.92 Å². The predicted octanol–water partition coefficient (Wildman–Crippen LogP) is 4.20. The Hall–Kier alpha value is -0.530. The summed E-state index contributed by atoms with van der Waals surface area (Å²) in [6.07, 6.45) is 4.13. The third-order valence-electron chi connectivity index (χ3n) is 4.82. The van der Waals surface area contributed by atoms with Crippen molar-refractivity contribution < 1.29 is 9.90 Å². The molecular formula is C15H28O2. The summed E-state index contributed by atoms with van der Waals surface area (Å²) in [6.45, 7) is 11.2. The molecule has 17 heavy (non-hydrogen) atoms. The minimum absolute atomic E-state index is 0.108. The van der Waals surface area contributed by atoms with Crippen molar-refractivity contribution in [1.82, 2.24) is 0 Å². The fourth-order valence-corrected chi connectivity index (χ4v) is 3.23. The fourth-order valence-electron chi connectivity index (χ4n) is 3.23. The Labute approximate surface area is 106 Å². The minimum atomic E-state index is -0.581. The summed E-state index contributed by atoms with van der Waals surface area (Å²) in [5, 5.41) is 9.34. The summed E-state index contributed by atoms with van der Waals surface area (Å²) < 4.78 is 0. The summed E-state index contributed by atoms with van der Waals surface area (Å²) in [5.74, 6) is 0.889. The molecule has 4 atom stereocenters. The number of hydrogen-bond acceptors (Lipinski definition) is 1. The molecule has 2 nitrogen and oxygen atoms in total. The van der Waals surface area contributed by atoms with E-state index < -0.39 is 5.97 Å². The van der Waals surface area contributed by atoms with Gasteiger partial charge in [-0.05, 0) is 42.4 Å². The summed E-state index contributed by atoms with van der Waals surface area (Å²) in [7, 11) is 0. The molecule has 0 aromatic carbocycles. The first kappa shape index (κ1) is 14.5. The Balaban J connectivity index is 2.80. The van der Waals surface area contributed by atoms with Gasteiger partial charge in [-0.15, -0.1) is 0 Å². The van der Waals surface area contributed by atoms with E-state index in [2.05, 4.69) is 34.6 Å². The van der Waals surface area contributed by atoms with Gasteiger partial charge >= 0.3 is 5.97 Å². The monoisotopic (exact) mass is 240 g/mol. The third-order valence-corrected chi connectivity index (χ3v) is 4.82. The zero-order valence-electron chi connectivity index (χ0n) is 12.0. The molecule has 1 saturated carbocycles. The summed E-state index contributed by atoms with van der Waals surface area (Å²) >= 11 is 0. The molecule has 4 unspecified atom stereocenters. The van der Waals surface area contributed by atoms with Crippen molar-refractivity contribution in [2.45, 2.75) is 60.3 Å². The number of hydrogen-bond donors (Lipinski definition) is 1. The summed E-state index contributed by atoms with van der Waals surface area (Å²) in [6, 6.07) is 0. The second kappa shape index (κ2) is 5.41. The van der Waals surface area contributed by atoms with Gasteiger partial charge in [0, 0.05) is 0 Å². The number of carboxylic acid groups (broad SMARTS) is 1. The van der Waals surface area contributed by atoms with Gasteiger partial charge in [0.15, 0.2) is 0 Å². The highest BCUT2D eigenvalue weighted by Crippen LogP contribution is 2.45. The molecule has 0 aromatic rings. The number of carboxylic acids is 1.